The highest BCUT2D eigenvalue weighted by Gasteiger charge is 2.27. The van der Waals surface area contributed by atoms with E-state index in [4.69, 9.17) is 9.26 Å². The number of hydrogen-bond acceptors (Lipinski definition) is 7. The summed E-state index contributed by atoms with van der Waals surface area (Å²) in [6, 6.07) is 8.63. The summed E-state index contributed by atoms with van der Waals surface area (Å²) in [5.74, 6) is 0.609. The first-order valence-corrected chi connectivity index (χ1v) is 8.76. The molecule has 124 valence electrons. The second kappa shape index (κ2) is 6.33. The van der Waals surface area contributed by atoms with Crippen molar-refractivity contribution >= 4 is 17.4 Å². The molecule has 0 bridgehead atoms. The molecule has 1 atom stereocenters. The summed E-state index contributed by atoms with van der Waals surface area (Å²) < 4.78 is 11.3. The second-order valence-electron chi connectivity index (χ2n) is 5.90. The van der Waals surface area contributed by atoms with Crippen LogP contribution < -0.4 is 4.90 Å². The van der Waals surface area contributed by atoms with Crippen LogP contribution in [0.3, 0.4) is 0 Å². The molecule has 24 heavy (non-hydrogen) atoms. The Kier molecular flexibility index (Phi) is 4.03. The van der Waals surface area contributed by atoms with Gasteiger partial charge in [-0.1, -0.05) is 35.0 Å². The van der Waals surface area contributed by atoms with E-state index >= 15 is 0 Å². The normalized spacial score (nSPS) is 18.1. The van der Waals surface area contributed by atoms with E-state index in [0.29, 0.717) is 25.0 Å². The van der Waals surface area contributed by atoms with Gasteiger partial charge in [0.15, 0.2) is 0 Å². The number of aryl methyl sites for hydroxylation is 2. The van der Waals surface area contributed by atoms with Crippen molar-refractivity contribution in [1.82, 2.24) is 15.1 Å². The molecule has 0 saturated carbocycles. The molecule has 3 heterocycles. The van der Waals surface area contributed by atoms with E-state index in [2.05, 4.69) is 26.9 Å². The van der Waals surface area contributed by atoms with Gasteiger partial charge in [-0.25, -0.2) is 4.98 Å². The molecule has 1 saturated heterocycles. The van der Waals surface area contributed by atoms with E-state index in [1.54, 1.807) is 11.3 Å². The van der Waals surface area contributed by atoms with Crippen LogP contribution in [0.25, 0.3) is 11.4 Å². The first-order valence-electron chi connectivity index (χ1n) is 7.88. The second-order valence-corrected chi connectivity index (χ2v) is 6.79. The zero-order chi connectivity index (χ0) is 16.5. The van der Waals surface area contributed by atoms with Gasteiger partial charge in [-0.15, -0.1) is 11.3 Å². The van der Waals surface area contributed by atoms with Gasteiger partial charge in [0, 0.05) is 23.2 Å². The summed E-state index contributed by atoms with van der Waals surface area (Å²) in [6.45, 7) is 6.07. The maximum atomic E-state index is 5.85. The van der Waals surface area contributed by atoms with Crippen LogP contribution in [0.2, 0.25) is 0 Å². The summed E-state index contributed by atoms with van der Waals surface area (Å²) in [6.07, 6.45) is -0.0489. The van der Waals surface area contributed by atoms with Gasteiger partial charge in [-0.3, -0.25) is 0 Å². The molecule has 0 aliphatic carbocycles. The van der Waals surface area contributed by atoms with E-state index in [1.165, 1.54) is 5.56 Å². The Balaban J connectivity index is 1.52. The van der Waals surface area contributed by atoms with E-state index < -0.39 is 0 Å². The number of ether oxygens (including phenoxy) is 1. The molecule has 4 rings (SSSR count). The Bertz CT molecular complexity index is 827. The molecule has 7 heteroatoms. The van der Waals surface area contributed by atoms with Gasteiger partial charge in [-0.05, 0) is 13.8 Å². The molecule has 0 radical (unpaired) electrons. The summed E-state index contributed by atoms with van der Waals surface area (Å²) in [4.78, 5) is 11.1. The van der Waals surface area contributed by atoms with Crippen LogP contribution in [0.1, 0.15) is 22.4 Å². The van der Waals surface area contributed by atoms with Crippen molar-refractivity contribution in [3.63, 3.8) is 0 Å². The summed E-state index contributed by atoms with van der Waals surface area (Å²) in [7, 11) is 0. The highest BCUT2D eigenvalue weighted by molar-refractivity contribution is 7.09. The van der Waals surface area contributed by atoms with Crippen LogP contribution in [0.4, 0.5) is 6.01 Å². The van der Waals surface area contributed by atoms with Crippen molar-refractivity contribution in [3.8, 4) is 11.4 Å². The average molecular weight is 342 g/mol. The molecule has 1 fully saturated rings. The number of thiazole rings is 1. The van der Waals surface area contributed by atoms with Crippen molar-refractivity contribution < 1.29 is 9.26 Å². The molecular formula is C17H18N4O2S. The first-order chi connectivity index (χ1) is 11.7. The van der Waals surface area contributed by atoms with Gasteiger partial charge >= 0.3 is 6.01 Å². The highest BCUT2D eigenvalue weighted by Crippen LogP contribution is 2.28. The Morgan fingerprint density at radius 3 is 2.75 bits per heavy atom. The van der Waals surface area contributed by atoms with Crippen LogP contribution in [0, 0.1) is 13.8 Å². The number of hydrogen-bond donors (Lipinski definition) is 0. The Labute approximate surface area is 144 Å². The zero-order valence-corrected chi connectivity index (χ0v) is 14.4. The Morgan fingerprint density at radius 1 is 1.17 bits per heavy atom. The summed E-state index contributed by atoms with van der Waals surface area (Å²) >= 11 is 1.63. The van der Waals surface area contributed by atoms with Crippen LogP contribution in [-0.2, 0) is 4.74 Å². The van der Waals surface area contributed by atoms with Crippen molar-refractivity contribution in [2.24, 2.45) is 0 Å². The number of benzene rings is 1. The number of anilines is 1. The van der Waals surface area contributed by atoms with Gasteiger partial charge in [-0.2, -0.15) is 4.98 Å². The highest BCUT2D eigenvalue weighted by atomic mass is 32.1. The monoisotopic (exact) mass is 342 g/mol. The standard InChI is InChI=1S/C17H18N4O2S/c1-11-3-5-13(6-4-11)15-19-17(23-20-15)21-7-8-22-14(9-21)16-18-12(2)10-24-16/h3-6,10,14H,7-9H2,1-2H3/t14-/m1/s1. The van der Waals surface area contributed by atoms with Crippen molar-refractivity contribution in [3.05, 3.63) is 45.9 Å². The predicted octanol–water partition coefficient (Wildman–Crippen LogP) is 3.39. The lowest BCUT2D eigenvalue weighted by Crippen LogP contribution is -2.38. The molecular weight excluding hydrogens is 324 g/mol. The van der Waals surface area contributed by atoms with Crippen LogP contribution in [0.15, 0.2) is 34.2 Å². The molecule has 0 unspecified atom stereocenters. The minimum absolute atomic E-state index is 0.0489. The maximum Gasteiger partial charge on any atom is 0.324 e. The van der Waals surface area contributed by atoms with Crippen molar-refractivity contribution in [1.29, 1.82) is 0 Å². The third kappa shape index (κ3) is 3.05. The van der Waals surface area contributed by atoms with E-state index in [-0.39, 0.29) is 6.10 Å². The van der Waals surface area contributed by atoms with Crippen molar-refractivity contribution in [2.45, 2.75) is 20.0 Å². The SMILES string of the molecule is Cc1ccc(-c2noc(N3CCO[C@@H](c4nc(C)cs4)C3)n2)cc1. The smallest absolute Gasteiger partial charge is 0.324 e. The number of morpholine rings is 1. The molecule has 1 aliphatic heterocycles. The molecule has 0 N–H and O–H groups in total. The summed E-state index contributed by atoms with van der Waals surface area (Å²) in [5.41, 5.74) is 3.18. The van der Waals surface area contributed by atoms with E-state index in [1.807, 2.05) is 36.6 Å². The molecule has 0 spiro atoms. The average Bonchev–Trinajstić information content (AvgIpc) is 3.25. The van der Waals surface area contributed by atoms with Crippen molar-refractivity contribution in [2.75, 3.05) is 24.6 Å². The maximum absolute atomic E-state index is 5.85. The molecule has 1 aromatic carbocycles. The lowest BCUT2D eigenvalue weighted by molar-refractivity contribution is 0.0374. The summed E-state index contributed by atoms with van der Waals surface area (Å²) in [5, 5.41) is 7.15. The third-order valence-corrected chi connectivity index (χ3v) is 5.03. The fraction of sp³-hybridized carbons (Fsp3) is 0.353. The fourth-order valence-electron chi connectivity index (χ4n) is 2.66. The molecule has 3 aromatic rings. The lowest BCUT2D eigenvalue weighted by atomic mass is 10.1. The number of aromatic nitrogens is 3. The van der Waals surface area contributed by atoms with Crippen LogP contribution in [-0.4, -0.2) is 34.8 Å². The number of rotatable bonds is 3. The predicted molar refractivity (Wildman–Crippen MR) is 92.2 cm³/mol. The fourth-order valence-corrected chi connectivity index (χ4v) is 3.49. The topological polar surface area (TPSA) is 64.3 Å². The Morgan fingerprint density at radius 2 is 2.00 bits per heavy atom. The van der Waals surface area contributed by atoms with E-state index in [9.17, 15) is 0 Å². The molecule has 6 nitrogen and oxygen atoms in total. The Hall–Kier alpha value is -2.25. The van der Waals surface area contributed by atoms with Gasteiger partial charge in [0.25, 0.3) is 0 Å². The van der Waals surface area contributed by atoms with Crippen LogP contribution in [0.5, 0.6) is 0 Å². The molecule has 1 aliphatic rings. The molecule has 2 aromatic heterocycles. The zero-order valence-electron chi connectivity index (χ0n) is 13.6. The number of nitrogens with zero attached hydrogens (tertiary/aromatic N) is 4. The molecule has 0 amide bonds. The minimum atomic E-state index is -0.0489. The largest absolute Gasteiger partial charge is 0.367 e. The van der Waals surface area contributed by atoms with Gasteiger partial charge in [0.1, 0.15) is 11.1 Å². The third-order valence-electron chi connectivity index (χ3n) is 3.97. The lowest BCUT2D eigenvalue weighted by Gasteiger charge is -2.30. The van der Waals surface area contributed by atoms with Crippen LogP contribution >= 0.6 is 11.3 Å². The first kappa shape index (κ1) is 15.3. The van der Waals surface area contributed by atoms with Gasteiger partial charge < -0.3 is 14.2 Å². The van der Waals surface area contributed by atoms with Gasteiger partial charge in [0.2, 0.25) is 5.82 Å². The van der Waals surface area contributed by atoms with Gasteiger partial charge in [0.05, 0.1) is 13.2 Å². The van der Waals surface area contributed by atoms with E-state index in [0.717, 1.165) is 22.8 Å². The minimum Gasteiger partial charge on any atom is -0.367 e. The quantitative estimate of drug-likeness (QED) is 0.727.